The standard InChI is InChI=1S/C13H16N2/c1-14-9-11-15(12-10-14)8-7-13-5-3-2-4-6-13/h2-6H,9-12H2,1H3. The third kappa shape index (κ3) is 3.00. The highest BCUT2D eigenvalue weighted by molar-refractivity contribution is 5.33. The highest BCUT2D eigenvalue weighted by Gasteiger charge is 2.09. The average Bonchev–Trinajstić information content (AvgIpc) is 2.30. The molecular weight excluding hydrogens is 184 g/mol. The zero-order chi connectivity index (χ0) is 10.5. The van der Waals surface area contributed by atoms with Gasteiger partial charge in [-0.25, -0.2) is 0 Å². The lowest BCUT2D eigenvalue weighted by molar-refractivity contribution is 0.207. The van der Waals surface area contributed by atoms with Crippen molar-refractivity contribution in [2.75, 3.05) is 33.2 Å². The molecule has 0 N–H and O–H groups in total. The van der Waals surface area contributed by atoms with Crippen LogP contribution >= 0.6 is 0 Å². The summed E-state index contributed by atoms with van der Waals surface area (Å²) in [5.41, 5.74) is 1.09. The summed E-state index contributed by atoms with van der Waals surface area (Å²) in [6, 6.07) is 13.4. The fourth-order valence-electron chi connectivity index (χ4n) is 1.58. The number of nitrogens with zero attached hydrogens (tertiary/aromatic N) is 2. The summed E-state index contributed by atoms with van der Waals surface area (Å²) < 4.78 is 0. The summed E-state index contributed by atoms with van der Waals surface area (Å²) in [7, 11) is 2.15. The van der Waals surface area contributed by atoms with Gasteiger partial charge < -0.3 is 9.80 Å². The molecule has 1 aliphatic heterocycles. The molecule has 2 nitrogen and oxygen atoms in total. The van der Waals surface area contributed by atoms with E-state index in [9.17, 15) is 0 Å². The molecular formula is C13H16N2. The molecule has 2 rings (SSSR count). The molecule has 1 heterocycles. The Kier molecular flexibility index (Phi) is 3.26. The van der Waals surface area contributed by atoms with Gasteiger partial charge in [-0.3, -0.25) is 0 Å². The Hall–Kier alpha value is -1.46. The first kappa shape index (κ1) is 10.1. The fourth-order valence-corrected chi connectivity index (χ4v) is 1.58. The maximum Gasteiger partial charge on any atom is 0.0388 e. The Morgan fingerprint density at radius 2 is 1.67 bits per heavy atom. The Morgan fingerprint density at radius 1 is 1.00 bits per heavy atom. The van der Waals surface area contributed by atoms with Crippen LogP contribution in [0, 0.1) is 12.0 Å². The van der Waals surface area contributed by atoms with Gasteiger partial charge in [0, 0.05) is 37.8 Å². The maximum absolute atomic E-state index is 3.22. The van der Waals surface area contributed by atoms with E-state index in [-0.39, 0.29) is 0 Å². The molecule has 0 aromatic heterocycles. The molecule has 0 bridgehead atoms. The van der Waals surface area contributed by atoms with Crippen LogP contribution in [0.2, 0.25) is 0 Å². The van der Waals surface area contributed by atoms with E-state index in [1.807, 2.05) is 30.3 Å². The van der Waals surface area contributed by atoms with Crippen LogP contribution in [0.25, 0.3) is 0 Å². The van der Waals surface area contributed by atoms with Crippen molar-refractivity contribution < 1.29 is 0 Å². The van der Waals surface area contributed by atoms with Crippen molar-refractivity contribution in [1.29, 1.82) is 0 Å². The van der Waals surface area contributed by atoms with Crippen molar-refractivity contribution in [2.45, 2.75) is 0 Å². The quantitative estimate of drug-likeness (QED) is 0.581. The van der Waals surface area contributed by atoms with Crippen molar-refractivity contribution in [3.05, 3.63) is 35.9 Å². The molecule has 0 spiro atoms. The van der Waals surface area contributed by atoms with Gasteiger partial charge in [0.2, 0.25) is 0 Å². The van der Waals surface area contributed by atoms with Crippen LogP contribution in [0.15, 0.2) is 30.3 Å². The smallest absolute Gasteiger partial charge is 0.0388 e. The summed E-state index contributed by atoms with van der Waals surface area (Å²) in [5.74, 6) is 3.19. The number of hydrogen-bond donors (Lipinski definition) is 0. The highest BCUT2D eigenvalue weighted by Crippen LogP contribution is 1.99. The second-order valence-corrected chi connectivity index (χ2v) is 3.89. The second-order valence-electron chi connectivity index (χ2n) is 3.89. The van der Waals surface area contributed by atoms with Crippen molar-refractivity contribution in [1.82, 2.24) is 9.80 Å². The minimum Gasteiger partial charge on any atom is -0.330 e. The summed E-state index contributed by atoms with van der Waals surface area (Å²) in [6.45, 7) is 4.33. The molecule has 1 aromatic carbocycles. The first-order valence-electron chi connectivity index (χ1n) is 5.35. The van der Waals surface area contributed by atoms with E-state index < -0.39 is 0 Å². The van der Waals surface area contributed by atoms with E-state index >= 15 is 0 Å². The number of rotatable bonds is 0. The summed E-state index contributed by atoms with van der Waals surface area (Å²) in [5, 5.41) is 0. The minimum atomic E-state index is 1.05. The number of piperazine rings is 1. The fraction of sp³-hybridized carbons (Fsp3) is 0.385. The molecule has 78 valence electrons. The third-order valence-electron chi connectivity index (χ3n) is 2.64. The molecule has 0 saturated carbocycles. The molecule has 0 amide bonds. The van der Waals surface area contributed by atoms with Crippen molar-refractivity contribution in [3.63, 3.8) is 0 Å². The maximum atomic E-state index is 3.22. The predicted octanol–water partition coefficient (Wildman–Crippen LogP) is 1.24. The van der Waals surface area contributed by atoms with E-state index in [0.717, 1.165) is 31.7 Å². The molecule has 1 aliphatic rings. The molecule has 0 radical (unpaired) electrons. The monoisotopic (exact) mass is 200 g/mol. The lowest BCUT2D eigenvalue weighted by Crippen LogP contribution is -2.42. The molecule has 2 heteroatoms. The molecule has 1 aromatic rings. The van der Waals surface area contributed by atoms with Crippen LogP contribution in [-0.4, -0.2) is 43.0 Å². The molecule has 15 heavy (non-hydrogen) atoms. The van der Waals surface area contributed by atoms with E-state index in [1.165, 1.54) is 0 Å². The van der Waals surface area contributed by atoms with Crippen LogP contribution < -0.4 is 0 Å². The summed E-state index contributed by atoms with van der Waals surface area (Å²) in [4.78, 5) is 4.54. The summed E-state index contributed by atoms with van der Waals surface area (Å²) >= 11 is 0. The molecule has 0 aliphatic carbocycles. The van der Waals surface area contributed by atoms with Crippen molar-refractivity contribution >= 4 is 0 Å². The normalized spacial score (nSPS) is 17.0. The van der Waals surface area contributed by atoms with Crippen LogP contribution in [0.3, 0.4) is 0 Å². The average molecular weight is 200 g/mol. The zero-order valence-electron chi connectivity index (χ0n) is 9.11. The second kappa shape index (κ2) is 4.86. The van der Waals surface area contributed by atoms with Gasteiger partial charge >= 0.3 is 0 Å². The van der Waals surface area contributed by atoms with E-state index in [4.69, 9.17) is 0 Å². The minimum absolute atomic E-state index is 1.05. The SMILES string of the molecule is CN1CCN(C#Cc2ccccc2)CC1. The third-order valence-corrected chi connectivity index (χ3v) is 2.64. The van der Waals surface area contributed by atoms with Gasteiger partial charge in [-0.05, 0) is 25.1 Å². The predicted molar refractivity (Wildman–Crippen MR) is 62.4 cm³/mol. The highest BCUT2D eigenvalue weighted by atomic mass is 15.2. The molecule has 0 unspecified atom stereocenters. The van der Waals surface area contributed by atoms with Crippen molar-refractivity contribution in [3.8, 4) is 12.0 Å². The number of likely N-dealkylation sites (N-methyl/N-ethyl adjacent to an activating group) is 1. The van der Waals surface area contributed by atoms with E-state index in [2.05, 4.69) is 28.8 Å². The van der Waals surface area contributed by atoms with Gasteiger partial charge in [-0.2, -0.15) is 0 Å². The van der Waals surface area contributed by atoms with Crippen LogP contribution in [0.5, 0.6) is 0 Å². The molecule has 0 atom stereocenters. The Bertz CT molecular complexity index is 353. The molecule has 1 saturated heterocycles. The van der Waals surface area contributed by atoms with Crippen LogP contribution in [0.1, 0.15) is 5.56 Å². The van der Waals surface area contributed by atoms with Gasteiger partial charge in [-0.1, -0.05) is 18.2 Å². The van der Waals surface area contributed by atoms with Gasteiger partial charge in [0.05, 0.1) is 0 Å². The Morgan fingerprint density at radius 3 is 2.33 bits per heavy atom. The van der Waals surface area contributed by atoms with Gasteiger partial charge in [-0.15, -0.1) is 0 Å². The van der Waals surface area contributed by atoms with Crippen LogP contribution in [0.4, 0.5) is 0 Å². The molecule has 1 fully saturated rings. The number of hydrogen-bond acceptors (Lipinski definition) is 2. The number of benzene rings is 1. The van der Waals surface area contributed by atoms with Crippen LogP contribution in [-0.2, 0) is 0 Å². The van der Waals surface area contributed by atoms with Gasteiger partial charge in [0.25, 0.3) is 0 Å². The first-order valence-corrected chi connectivity index (χ1v) is 5.35. The van der Waals surface area contributed by atoms with Crippen molar-refractivity contribution in [2.24, 2.45) is 0 Å². The zero-order valence-corrected chi connectivity index (χ0v) is 9.11. The van der Waals surface area contributed by atoms with Gasteiger partial charge in [0.1, 0.15) is 0 Å². The van der Waals surface area contributed by atoms with Gasteiger partial charge in [0.15, 0.2) is 0 Å². The summed E-state index contributed by atoms with van der Waals surface area (Å²) in [6.07, 6.45) is 0. The van der Waals surface area contributed by atoms with E-state index in [1.54, 1.807) is 0 Å². The first-order chi connectivity index (χ1) is 7.34. The Labute approximate surface area is 91.5 Å². The van der Waals surface area contributed by atoms with E-state index in [0.29, 0.717) is 0 Å². The largest absolute Gasteiger partial charge is 0.330 e. The lowest BCUT2D eigenvalue weighted by Gasteiger charge is -2.29. The lowest BCUT2D eigenvalue weighted by atomic mass is 10.2. The topological polar surface area (TPSA) is 6.48 Å². The Balaban J connectivity index is 1.95.